The lowest BCUT2D eigenvalue weighted by atomic mass is 10.1. The maximum atomic E-state index is 3.97. The van der Waals surface area contributed by atoms with Gasteiger partial charge in [-0.05, 0) is 18.8 Å². The molecule has 0 bridgehead atoms. The van der Waals surface area contributed by atoms with Crippen molar-refractivity contribution in [3.05, 3.63) is 12.5 Å². The highest BCUT2D eigenvalue weighted by atomic mass is 15.1. The van der Waals surface area contributed by atoms with Crippen LogP contribution in [0.15, 0.2) is 12.5 Å². The Bertz CT molecular complexity index is 230. The molecular weight excluding hydrogens is 150 g/mol. The van der Waals surface area contributed by atoms with Gasteiger partial charge in [-0.2, -0.15) is 0 Å². The molecule has 0 saturated heterocycles. The van der Waals surface area contributed by atoms with Gasteiger partial charge in [0.15, 0.2) is 0 Å². The molecule has 1 aliphatic rings. The Morgan fingerprint density at radius 1 is 1.58 bits per heavy atom. The summed E-state index contributed by atoms with van der Waals surface area (Å²) in [5.41, 5.74) is 0. The molecule has 2 unspecified atom stereocenters. The second-order valence-corrected chi connectivity index (χ2v) is 3.62. The normalized spacial score (nSPS) is 29.1. The van der Waals surface area contributed by atoms with E-state index in [2.05, 4.69) is 22.2 Å². The standard InChI is InChI=1S/C9H15N3/c1-7-3-2-4-8(7)12-9-5-10-6-11-9/h5-8,12H,2-4H2,1H3,(H,10,11). The number of imidazole rings is 1. The molecular formula is C9H15N3. The van der Waals surface area contributed by atoms with Gasteiger partial charge in [0.25, 0.3) is 0 Å². The molecule has 1 heterocycles. The highest BCUT2D eigenvalue weighted by Gasteiger charge is 2.22. The van der Waals surface area contributed by atoms with Gasteiger partial charge in [-0.25, -0.2) is 4.98 Å². The van der Waals surface area contributed by atoms with Crippen LogP contribution in [0.1, 0.15) is 26.2 Å². The van der Waals surface area contributed by atoms with E-state index in [9.17, 15) is 0 Å². The number of rotatable bonds is 2. The van der Waals surface area contributed by atoms with Crippen LogP contribution < -0.4 is 5.32 Å². The molecule has 3 nitrogen and oxygen atoms in total. The van der Waals surface area contributed by atoms with Crippen molar-refractivity contribution in [1.82, 2.24) is 9.97 Å². The topological polar surface area (TPSA) is 40.7 Å². The number of nitrogens with one attached hydrogen (secondary N) is 2. The van der Waals surface area contributed by atoms with E-state index in [0.29, 0.717) is 6.04 Å². The van der Waals surface area contributed by atoms with Crippen LogP contribution in [0.2, 0.25) is 0 Å². The van der Waals surface area contributed by atoms with Crippen LogP contribution >= 0.6 is 0 Å². The van der Waals surface area contributed by atoms with Crippen molar-refractivity contribution in [2.75, 3.05) is 5.32 Å². The summed E-state index contributed by atoms with van der Waals surface area (Å²) >= 11 is 0. The van der Waals surface area contributed by atoms with E-state index in [4.69, 9.17) is 0 Å². The first-order valence-corrected chi connectivity index (χ1v) is 4.61. The lowest BCUT2D eigenvalue weighted by Gasteiger charge is -2.16. The van der Waals surface area contributed by atoms with Crippen molar-refractivity contribution in [1.29, 1.82) is 0 Å². The predicted molar refractivity (Wildman–Crippen MR) is 49.0 cm³/mol. The molecule has 1 fully saturated rings. The minimum Gasteiger partial charge on any atom is -0.367 e. The van der Waals surface area contributed by atoms with Crippen LogP contribution in [0.5, 0.6) is 0 Å². The fourth-order valence-corrected chi connectivity index (χ4v) is 1.89. The number of hydrogen-bond acceptors (Lipinski definition) is 2. The summed E-state index contributed by atoms with van der Waals surface area (Å²) in [6.07, 6.45) is 7.55. The Balaban J connectivity index is 1.95. The van der Waals surface area contributed by atoms with Crippen LogP contribution in [0.3, 0.4) is 0 Å². The lowest BCUT2D eigenvalue weighted by molar-refractivity contribution is 0.555. The molecule has 1 aromatic rings. The van der Waals surface area contributed by atoms with Crippen molar-refractivity contribution >= 4 is 5.82 Å². The number of H-pyrrole nitrogens is 1. The van der Waals surface area contributed by atoms with Crippen LogP contribution in [0, 0.1) is 5.92 Å². The van der Waals surface area contributed by atoms with Gasteiger partial charge in [-0.3, -0.25) is 0 Å². The van der Waals surface area contributed by atoms with E-state index in [0.717, 1.165) is 11.7 Å². The molecule has 3 heteroatoms. The third-order valence-electron chi connectivity index (χ3n) is 2.70. The second kappa shape index (κ2) is 3.17. The van der Waals surface area contributed by atoms with Gasteiger partial charge in [0.05, 0.1) is 12.5 Å². The van der Waals surface area contributed by atoms with Gasteiger partial charge < -0.3 is 10.3 Å². The van der Waals surface area contributed by atoms with Crippen LogP contribution in [-0.2, 0) is 0 Å². The Morgan fingerprint density at radius 3 is 3.08 bits per heavy atom. The van der Waals surface area contributed by atoms with Gasteiger partial charge in [0.1, 0.15) is 5.82 Å². The molecule has 66 valence electrons. The zero-order valence-corrected chi connectivity index (χ0v) is 7.38. The molecule has 0 radical (unpaired) electrons. The second-order valence-electron chi connectivity index (χ2n) is 3.62. The summed E-state index contributed by atoms with van der Waals surface area (Å²) in [4.78, 5) is 7.03. The van der Waals surface area contributed by atoms with Gasteiger partial charge in [0.2, 0.25) is 0 Å². The summed E-state index contributed by atoms with van der Waals surface area (Å²) < 4.78 is 0. The van der Waals surface area contributed by atoms with E-state index < -0.39 is 0 Å². The quantitative estimate of drug-likeness (QED) is 0.703. The number of hydrogen-bond donors (Lipinski definition) is 2. The Kier molecular flexibility index (Phi) is 2.02. The van der Waals surface area contributed by atoms with Crippen molar-refractivity contribution in [2.45, 2.75) is 32.2 Å². The largest absolute Gasteiger partial charge is 0.367 e. The van der Waals surface area contributed by atoms with Crippen molar-refractivity contribution in [3.8, 4) is 0 Å². The molecule has 1 aromatic heterocycles. The first-order valence-electron chi connectivity index (χ1n) is 4.61. The molecule has 0 amide bonds. The van der Waals surface area contributed by atoms with Crippen molar-refractivity contribution < 1.29 is 0 Å². The van der Waals surface area contributed by atoms with E-state index >= 15 is 0 Å². The first kappa shape index (κ1) is 7.65. The van der Waals surface area contributed by atoms with Gasteiger partial charge in [-0.15, -0.1) is 0 Å². The SMILES string of the molecule is CC1CCCC1Nc1cnc[nH]1. The Hall–Kier alpha value is -0.990. The fourth-order valence-electron chi connectivity index (χ4n) is 1.89. The average molecular weight is 165 g/mol. The Morgan fingerprint density at radius 2 is 2.50 bits per heavy atom. The summed E-state index contributed by atoms with van der Waals surface area (Å²) in [6, 6.07) is 0.644. The minimum atomic E-state index is 0.644. The summed E-state index contributed by atoms with van der Waals surface area (Å²) in [5, 5.41) is 3.45. The maximum Gasteiger partial charge on any atom is 0.123 e. The molecule has 0 spiro atoms. The zero-order valence-electron chi connectivity index (χ0n) is 7.38. The number of anilines is 1. The summed E-state index contributed by atoms with van der Waals surface area (Å²) in [6.45, 7) is 2.31. The number of aromatic amines is 1. The molecule has 1 saturated carbocycles. The smallest absolute Gasteiger partial charge is 0.123 e. The number of aromatic nitrogens is 2. The fraction of sp³-hybridized carbons (Fsp3) is 0.667. The summed E-state index contributed by atoms with van der Waals surface area (Å²) in [7, 11) is 0. The molecule has 2 rings (SSSR count). The molecule has 12 heavy (non-hydrogen) atoms. The van der Waals surface area contributed by atoms with E-state index in [1.165, 1.54) is 19.3 Å². The third kappa shape index (κ3) is 1.44. The Labute approximate surface area is 72.6 Å². The third-order valence-corrected chi connectivity index (χ3v) is 2.70. The van der Waals surface area contributed by atoms with Gasteiger partial charge in [-0.1, -0.05) is 13.3 Å². The maximum absolute atomic E-state index is 3.97. The minimum absolute atomic E-state index is 0.644. The van der Waals surface area contributed by atoms with E-state index in [1.807, 2.05) is 6.20 Å². The van der Waals surface area contributed by atoms with Crippen LogP contribution in [0.25, 0.3) is 0 Å². The molecule has 2 N–H and O–H groups in total. The average Bonchev–Trinajstić information content (AvgIpc) is 2.65. The summed E-state index contributed by atoms with van der Waals surface area (Å²) in [5.74, 6) is 1.85. The zero-order chi connectivity index (χ0) is 8.39. The molecule has 1 aliphatic carbocycles. The van der Waals surface area contributed by atoms with E-state index in [-0.39, 0.29) is 0 Å². The van der Waals surface area contributed by atoms with Crippen LogP contribution in [-0.4, -0.2) is 16.0 Å². The highest BCUT2D eigenvalue weighted by Crippen LogP contribution is 2.27. The van der Waals surface area contributed by atoms with Gasteiger partial charge in [0, 0.05) is 6.04 Å². The highest BCUT2D eigenvalue weighted by molar-refractivity contribution is 5.32. The molecule has 0 aromatic carbocycles. The van der Waals surface area contributed by atoms with E-state index in [1.54, 1.807) is 6.33 Å². The molecule has 0 aliphatic heterocycles. The van der Waals surface area contributed by atoms with Gasteiger partial charge >= 0.3 is 0 Å². The monoisotopic (exact) mass is 165 g/mol. The first-order chi connectivity index (χ1) is 5.86. The van der Waals surface area contributed by atoms with Crippen molar-refractivity contribution in [3.63, 3.8) is 0 Å². The molecule has 2 atom stereocenters. The lowest BCUT2D eigenvalue weighted by Crippen LogP contribution is -2.21. The van der Waals surface area contributed by atoms with Crippen LogP contribution in [0.4, 0.5) is 5.82 Å². The number of nitrogens with zero attached hydrogens (tertiary/aromatic N) is 1. The van der Waals surface area contributed by atoms with Crippen molar-refractivity contribution in [2.24, 2.45) is 5.92 Å². The predicted octanol–water partition coefficient (Wildman–Crippen LogP) is 2.01.